The van der Waals surface area contributed by atoms with Gasteiger partial charge in [0.15, 0.2) is 0 Å². The summed E-state index contributed by atoms with van der Waals surface area (Å²) < 4.78 is 1.95. The molecule has 112 valence electrons. The number of aromatic nitrogens is 3. The Hall–Kier alpha value is -1.98. The van der Waals surface area contributed by atoms with Gasteiger partial charge in [-0.1, -0.05) is 29.9 Å². The van der Waals surface area contributed by atoms with Crippen LogP contribution in [-0.2, 0) is 13.0 Å². The van der Waals surface area contributed by atoms with E-state index in [1.54, 1.807) is 6.20 Å². The molecule has 0 fully saturated rings. The van der Waals surface area contributed by atoms with Crippen molar-refractivity contribution in [2.45, 2.75) is 19.9 Å². The summed E-state index contributed by atoms with van der Waals surface area (Å²) in [6.45, 7) is 2.85. The minimum atomic E-state index is 0.434. The van der Waals surface area contributed by atoms with Gasteiger partial charge in [-0.25, -0.2) is 0 Å². The van der Waals surface area contributed by atoms with Gasteiger partial charge in [0.25, 0.3) is 0 Å². The largest absolute Gasteiger partial charge is 0.393 e. The summed E-state index contributed by atoms with van der Waals surface area (Å²) in [5.74, 6) is 0. The predicted octanol–water partition coefficient (Wildman–Crippen LogP) is 3.60. The molecule has 3 aromatic rings. The summed E-state index contributed by atoms with van der Waals surface area (Å²) in [6, 6.07) is 9.75. The molecule has 4 nitrogen and oxygen atoms in total. The summed E-state index contributed by atoms with van der Waals surface area (Å²) in [4.78, 5) is 4.80. The molecule has 0 spiro atoms. The normalized spacial score (nSPS) is 11.0. The maximum Gasteiger partial charge on any atom is 0.0888 e. The lowest BCUT2D eigenvalue weighted by Gasteiger charge is -2.04. The number of pyridine rings is 1. The minimum absolute atomic E-state index is 0.434. The third-order valence-electron chi connectivity index (χ3n) is 3.50. The van der Waals surface area contributed by atoms with Gasteiger partial charge in [0, 0.05) is 30.1 Å². The zero-order valence-corrected chi connectivity index (χ0v) is 13.7. The quantitative estimate of drug-likeness (QED) is 0.743. The third kappa shape index (κ3) is 2.69. The lowest BCUT2D eigenvalue weighted by molar-refractivity contribution is 0.674. The van der Waals surface area contributed by atoms with Crippen molar-refractivity contribution in [3.63, 3.8) is 0 Å². The molecule has 0 unspecified atom stereocenters. The van der Waals surface area contributed by atoms with Gasteiger partial charge in [-0.15, -0.1) is 0 Å². The first-order chi connectivity index (χ1) is 10.6. The summed E-state index contributed by atoms with van der Waals surface area (Å²) in [5, 5.41) is 6.26. The van der Waals surface area contributed by atoms with Crippen LogP contribution >= 0.6 is 23.8 Å². The number of rotatable bonds is 4. The number of thiocarbonyl (C=S) groups is 1. The fraction of sp³-hybridized carbons (Fsp3) is 0.188. The fourth-order valence-electron chi connectivity index (χ4n) is 2.53. The van der Waals surface area contributed by atoms with E-state index in [1.165, 1.54) is 0 Å². The molecule has 0 radical (unpaired) electrons. The monoisotopic (exact) mass is 330 g/mol. The van der Waals surface area contributed by atoms with Crippen LogP contribution in [0.1, 0.15) is 12.6 Å². The highest BCUT2D eigenvalue weighted by Crippen LogP contribution is 2.29. The second-order valence-corrected chi connectivity index (χ2v) is 5.90. The van der Waals surface area contributed by atoms with Crippen molar-refractivity contribution in [1.29, 1.82) is 0 Å². The summed E-state index contributed by atoms with van der Waals surface area (Å²) in [5.41, 5.74) is 9.35. The zero-order valence-electron chi connectivity index (χ0n) is 12.1. The van der Waals surface area contributed by atoms with Crippen molar-refractivity contribution in [1.82, 2.24) is 14.8 Å². The van der Waals surface area contributed by atoms with Gasteiger partial charge >= 0.3 is 0 Å². The molecule has 0 atom stereocenters. The number of fused-ring (bicyclic) bond motifs is 1. The van der Waals surface area contributed by atoms with Crippen LogP contribution < -0.4 is 5.73 Å². The Morgan fingerprint density at radius 2 is 2.18 bits per heavy atom. The van der Waals surface area contributed by atoms with Crippen LogP contribution in [0.15, 0.2) is 36.5 Å². The number of halogens is 1. The highest BCUT2D eigenvalue weighted by Gasteiger charge is 2.13. The van der Waals surface area contributed by atoms with Gasteiger partial charge in [0.05, 0.1) is 26.9 Å². The van der Waals surface area contributed by atoms with Crippen molar-refractivity contribution in [2.75, 3.05) is 0 Å². The van der Waals surface area contributed by atoms with Gasteiger partial charge < -0.3 is 5.73 Å². The SMILES string of the molecule is CCn1nc(CC(N)=S)c2cc(-c3ncccc3Cl)ccc21. The first kappa shape index (κ1) is 14.9. The highest BCUT2D eigenvalue weighted by atomic mass is 35.5. The van der Waals surface area contributed by atoms with E-state index in [9.17, 15) is 0 Å². The van der Waals surface area contributed by atoms with E-state index >= 15 is 0 Å². The molecule has 1 aromatic carbocycles. The molecule has 2 N–H and O–H groups in total. The summed E-state index contributed by atoms with van der Waals surface area (Å²) in [7, 11) is 0. The number of nitrogens with zero attached hydrogens (tertiary/aromatic N) is 3. The highest BCUT2D eigenvalue weighted by molar-refractivity contribution is 7.80. The lowest BCUT2D eigenvalue weighted by Crippen LogP contribution is -2.12. The first-order valence-electron chi connectivity index (χ1n) is 6.98. The van der Waals surface area contributed by atoms with Crippen LogP contribution in [0.2, 0.25) is 5.02 Å². The fourth-order valence-corrected chi connectivity index (χ4v) is 2.90. The standard InChI is InChI=1S/C16H15ClN4S/c1-2-21-14-6-5-10(16-12(17)4-3-7-19-16)8-11(14)13(20-21)9-15(18)22/h3-8H,2,9H2,1H3,(H2,18,22). The number of aryl methyl sites for hydroxylation is 1. The van der Waals surface area contributed by atoms with Gasteiger partial charge in [0.1, 0.15) is 0 Å². The summed E-state index contributed by atoms with van der Waals surface area (Å²) >= 11 is 11.3. The second-order valence-electron chi connectivity index (χ2n) is 4.97. The van der Waals surface area contributed by atoms with E-state index in [0.717, 1.165) is 34.4 Å². The molecule has 0 saturated carbocycles. The Morgan fingerprint density at radius 1 is 1.36 bits per heavy atom. The van der Waals surface area contributed by atoms with E-state index in [4.69, 9.17) is 29.6 Å². The maximum absolute atomic E-state index is 6.24. The Balaban J connectivity index is 2.20. The number of nitrogens with two attached hydrogens (primary N) is 1. The molecule has 3 rings (SSSR count). The lowest BCUT2D eigenvalue weighted by atomic mass is 10.1. The first-order valence-corrected chi connectivity index (χ1v) is 7.77. The number of benzene rings is 1. The molecule has 2 aromatic heterocycles. The molecule has 0 amide bonds. The summed E-state index contributed by atoms with van der Waals surface area (Å²) in [6.07, 6.45) is 2.22. The number of hydrogen-bond donors (Lipinski definition) is 1. The number of hydrogen-bond acceptors (Lipinski definition) is 3. The van der Waals surface area contributed by atoms with E-state index in [0.29, 0.717) is 16.4 Å². The van der Waals surface area contributed by atoms with Gasteiger partial charge in [0.2, 0.25) is 0 Å². The van der Waals surface area contributed by atoms with Crippen molar-refractivity contribution >= 4 is 39.7 Å². The average molecular weight is 331 g/mol. The molecule has 2 heterocycles. The van der Waals surface area contributed by atoms with E-state index < -0.39 is 0 Å². The smallest absolute Gasteiger partial charge is 0.0888 e. The van der Waals surface area contributed by atoms with Gasteiger partial charge in [-0.3, -0.25) is 9.67 Å². The minimum Gasteiger partial charge on any atom is -0.393 e. The van der Waals surface area contributed by atoms with Crippen LogP contribution in [0, 0.1) is 0 Å². The van der Waals surface area contributed by atoms with Crippen molar-refractivity contribution in [2.24, 2.45) is 5.73 Å². The maximum atomic E-state index is 6.24. The molecular weight excluding hydrogens is 316 g/mol. The molecule has 0 aliphatic rings. The Kier molecular flexibility index (Phi) is 4.09. The zero-order chi connectivity index (χ0) is 15.7. The molecule has 0 saturated heterocycles. The van der Waals surface area contributed by atoms with Crippen molar-refractivity contribution < 1.29 is 0 Å². The van der Waals surface area contributed by atoms with Crippen LogP contribution in [0.3, 0.4) is 0 Å². The third-order valence-corrected chi connectivity index (χ3v) is 3.95. The van der Waals surface area contributed by atoms with Crippen molar-refractivity contribution in [3.8, 4) is 11.3 Å². The van der Waals surface area contributed by atoms with E-state index in [-0.39, 0.29) is 0 Å². The van der Waals surface area contributed by atoms with Crippen LogP contribution in [0.4, 0.5) is 0 Å². The molecule has 0 aliphatic heterocycles. The van der Waals surface area contributed by atoms with Crippen LogP contribution in [-0.4, -0.2) is 19.8 Å². The average Bonchev–Trinajstić information content (AvgIpc) is 2.84. The topological polar surface area (TPSA) is 56.7 Å². The van der Waals surface area contributed by atoms with Crippen LogP contribution in [0.25, 0.3) is 22.2 Å². The Morgan fingerprint density at radius 3 is 2.86 bits per heavy atom. The van der Waals surface area contributed by atoms with Crippen molar-refractivity contribution in [3.05, 3.63) is 47.2 Å². The Labute approximate surface area is 138 Å². The predicted molar refractivity (Wildman–Crippen MR) is 94.1 cm³/mol. The molecule has 0 aliphatic carbocycles. The molecule has 0 bridgehead atoms. The molecule has 6 heteroatoms. The van der Waals surface area contributed by atoms with Gasteiger partial charge in [-0.05, 0) is 31.2 Å². The van der Waals surface area contributed by atoms with E-state index in [1.807, 2.05) is 28.9 Å². The molecular formula is C16H15ClN4S. The van der Waals surface area contributed by atoms with Gasteiger partial charge in [-0.2, -0.15) is 5.10 Å². The Bertz CT molecular complexity index is 856. The second kappa shape index (κ2) is 6.02. The van der Waals surface area contributed by atoms with E-state index in [2.05, 4.69) is 23.1 Å². The molecule has 22 heavy (non-hydrogen) atoms. The van der Waals surface area contributed by atoms with Crippen LogP contribution in [0.5, 0.6) is 0 Å².